The van der Waals surface area contributed by atoms with Crippen molar-refractivity contribution in [1.29, 1.82) is 0 Å². The highest BCUT2D eigenvalue weighted by atomic mass is 16.5. The Balaban J connectivity index is 2.30. The van der Waals surface area contributed by atoms with E-state index < -0.39 is 0 Å². The molecule has 1 aliphatic heterocycles. The van der Waals surface area contributed by atoms with Gasteiger partial charge in [0.25, 0.3) is 0 Å². The van der Waals surface area contributed by atoms with Gasteiger partial charge in [0.05, 0.1) is 19.3 Å². The third kappa shape index (κ3) is 1.64. The lowest BCUT2D eigenvalue weighted by Crippen LogP contribution is -2.33. The number of aliphatic hydroxyl groups is 2. The van der Waals surface area contributed by atoms with E-state index in [-0.39, 0.29) is 18.6 Å². The molecule has 1 rings (SSSR count). The van der Waals surface area contributed by atoms with Gasteiger partial charge in [-0.2, -0.15) is 0 Å². The molecule has 0 aliphatic carbocycles. The van der Waals surface area contributed by atoms with Crippen molar-refractivity contribution in [2.45, 2.75) is 12.5 Å². The van der Waals surface area contributed by atoms with Gasteiger partial charge in [-0.25, -0.2) is 0 Å². The molecule has 0 bridgehead atoms. The van der Waals surface area contributed by atoms with E-state index in [2.05, 4.69) is 0 Å². The van der Waals surface area contributed by atoms with Crippen molar-refractivity contribution in [3.63, 3.8) is 0 Å². The molecule has 1 fully saturated rings. The van der Waals surface area contributed by atoms with Crippen LogP contribution in [0.4, 0.5) is 0 Å². The van der Waals surface area contributed by atoms with E-state index in [1.807, 2.05) is 0 Å². The zero-order valence-corrected chi connectivity index (χ0v) is 5.29. The molecule has 2 N–H and O–H groups in total. The first-order valence-corrected chi connectivity index (χ1v) is 3.21. The Morgan fingerprint density at radius 1 is 1.56 bits per heavy atom. The van der Waals surface area contributed by atoms with Crippen LogP contribution in [0.2, 0.25) is 0 Å². The molecule has 9 heavy (non-hydrogen) atoms. The topological polar surface area (TPSA) is 49.7 Å². The van der Waals surface area contributed by atoms with Gasteiger partial charge in [-0.15, -0.1) is 0 Å². The summed E-state index contributed by atoms with van der Waals surface area (Å²) in [4.78, 5) is 0. The van der Waals surface area contributed by atoms with Gasteiger partial charge in [0.1, 0.15) is 0 Å². The lowest BCUT2D eigenvalue weighted by atomic mass is 10.0. The summed E-state index contributed by atoms with van der Waals surface area (Å²) >= 11 is 0. The van der Waals surface area contributed by atoms with Crippen molar-refractivity contribution >= 4 is 0 Å². The summed E-state index contributed by atoms with van der Waals surface area (Å²) in [5.41, 5.74) is 0. The van der Waals surface area contributed by atoms with Gasteiger partial charge in [-0.1, -0.05) is 0 Å². The smallest absolute Gasteiger partial charge is 0.0634 e. The molecule has 0 radical (unpaired) electrons. The first-order chi connectivity index (χ1) is 4.34. The molecular formula is C6H12O3. The summed E-state index contributed by atoms with van der Waals surface area (Å²) in [5.74, 6) is -0.0567. The molecule has 0 saturated carbocycles. The van der Waals surface area contributed by atoms with E-state index in [4.69, 9.17) is 14.9 Å². The molecule has 3 nitrogen and oxygen atoms in total. The van der Waals surface area contributed by atoms with Crippen LogP contribution in [0.15, 0.2) is 0 Å². The average Bonchev–Trinajstić information content (AvgIpc) is 1.89. The van der Waals surface area contributed by atoms with Crippen LogP contribution >= 0.6 is 0 Å². The highest BCUT2D eigenvalue weighted by Gasteiger charge is 2.22. The summed E-state index contributed by atoms with van der Waals surface area (Å²) in [7, 11) is 0. The highest BCUT2D eigenvalue weighted by molar-refractivity contribution is 4.70. The van der Waals surface area contributed by atoms with E-state index >= 15 is 0 Å². The number of hydrogen-bond donors (Lipinski definition) is 2. The fourth-order valence-electron chi connectivity index (χ4n) is 0.960. The molecule has 1 saturated heterocycles. The fourth-order valence-corrected chi connectivity index (χ4v) is 0.960. The van der Waals surface area contributed by atoms with Crippen LogP contribution in [0, 0.1) is 5.92 Å². The maximum atomic E-state index is 9.13. The van der Waals surface area contributed by atoms with Crippen molar-refractivity contribution in [2.24, 2.45) is 5.92 Å². The van der Waals surface area contributed by atoms with Gasteiger partial charge in [-0.3, -0.25) is 0 Å². The standard InChI is InChI=1S/C6H12O3/c7-3-5-4-9-2-1-6(5)8/h5-8H,1-4H2/t5-,6+/m1/s1. The fraction of sp³-hybridized carbons (Fsp3) is 1.00. The molecule has 3 heteroatoms. The molecule has 0 unspecified atom stereocenters. The Kier molecular flexibility index (Phi) is 2.45. The van der Waals surface area contributed by atoms with Crippen LogP contribution in [-0.4, -0.2) is 36.1 Å². The quantitative estimate of drug-likeness (QED) is 0.499. The Morgan fingerprint density at radius 2 is 2.33 bits per heavy atom. The number of hydrogen-bond acceptors (Lipinski definition) is 3. The van der Waals surface area contributed by atoms with E-state index in [9.17, 15) is 0 Å². The Bertz CT molecular complexity index is 84.4. The molecule has 1 heterocycles. The predicted octanol–water partition coefficient (Wildman–Crippen LogP) is -0.624. The summed E-state index contributed by atoms with van der Waals surface area (Å²) in [6.07, 6.45) is 0.300. The second kappa shape index (κ2) is 3.15. The van der Waals surface area contributed by atoms with Gasteiger partial charge in [0, 0.05) is 12.5 Å². The van der Waals surface area contributed by atoms with Crippen molar-refractivity contribution in [3.05, 3.63) is 0 Å². The molecular weight excluding hydrogens is 120 g/mol. The molecule has 2 atom stereocenters. The van der Waals surface area contributed by atoms with Crippen LogP contribution in [0.3, 0.4) is 0 Å². The Morgan fingerprint density at radius 3 is 2.78 bits per heavy atom. The van der Waals surface area contributed by atoms with Crippen molar-refractivity contribution in [2.75, 3.05) is 19.8 Å². The Labute approximate surface area is 54.3 Å². The lowest BCUT2D eigenvalue weighted by molar-refractivity contribution is -0.0535. The zero-order valence-electron chi connectivity index (χ0n) is 5.29. The minimum Gasteiger partial charge on any atom is -0.396 e. The zero-order chi connectivity index (χ0) is 6.69. The largest absolute Gasteiger partial charge is 0.396 e. The van der Waals surface area contributed by atoms with Crippen molar-refractivity contribution in [3.8, 4) is 0 Å². The monoisotopic (exact) mass is 132 g/mol. The summed E-state index contributed by atoms with van der Waals surface area (Å²) in [5, 5.41) is 17.8. The number of rotatable bonds is 1. The second-order valence-electron chi connectivity index (χ2n) is 2.37. The van der Waals surface area contributed by atoms with E-state index in [1.165, 1.54) is 0 Å². The maximum Gasteiger partial charge on any atom is 0.0634 e. The minimum atomic E-state index is -0.358. The van der Waals surface area contributed by atoms with E-state index in [0.29, 0.717) is 19.6 Å². The molecule has 0 aromatic carbocycles. The maximum absolute atomic E-state index is 9.13. The highest BCUT2D eigenvalue weighted by Crippen LogP contribution is 2.12. The van der Waals surface area contributed by atoms with Gasteiger partial charge < -0.3 is 14.9 Å². The molecule has 54 valence electrons. The van der Waals surface area contributed by atoms with Gasteiger partial charge in [0.2, 0.25) is 0 Å². The van der Waals surface area contributed by atoms with E-state index in [1.54, 1.807) is 0 Å². The van der Waals surface area contributed by atoms with Gasteiger partial charge >= 0.3 is 0 Å². The van der Waals surface area contributed by atoms with Crippen molar-refractivity contribution in [1.82, 2.24) is 0 Å². The van der Waals surface area contributed by atoms with Gasteiger partial charge in [-0.05, 0) is 6.42 Å². The molecule has 0 aromatic rings. The minimum absolute atomic E-state index is 0.0289. The van der Waals surface area contributed by atoms with Crippen LogP contribution in [0.25, 0.3) is 0 Å². The molecule has 0 amide bonds. The third-order valence-electron chi connectivity index (χ3n) is 1.67. The molecule has 0 spiro atoms. The average molecular weight is 132 g/mol. The second-order valence-corrected chi connectivity index (χ2v) is 2.37. The summed E-state index contributed by atoms with van der Waals surface area (Å²) in [6, 6.07) is 0. The first-order valence-electron chi connectivity index (χ1n) is 3.21. The van der Waals surface area contributed by atoms with Crippen LogP contribution in [0.1, 0.15) is 6.42 Å². The SMILES string of the molecule is OC[C@@H]1COCC[C@@H]1O. The number of aliphatic hydroxyl groups excluding tert-OH is 2. The Hall–Kier alpha value is -0.120. The molecule has 1 aliphatic rings. The van der Waals surface area contributed by atoms with Crippen LogP contribution in [-0.2, 0) is 4.74 Å². The molecule has 0 aromatic heterocycles. The first kappa shape index (κ1) is 6.99. The third-order valence-corrected chi connectivity index (χ3v) is 1.67. The lowest BCUT2D eigenvalue weighted by Gasteiger charge is -2.25. The summed E-state index contributed by atoms with van der Waals surface area (Å²) < 4.78 is 5.02. The normalized spacial score (nSPS) is 36.7. The van der Waals surface area contributed by atoms with Gasteiger partial charge in [0.15, 0.2) is 0 Å². The number of ether oxygens (including phenoxy) is 1. The van der Waals surface area contributed by atoms with Crippen molar-refractivity contribution < 1.29 is 14.9 Å². The summed E-state index contributed by atoms with van der Waals surface area (Å²) in [6.45, 7) is 1.15. The predicted molar refractivity (Wildman–Crippen MR) is 32.0 cm³/mol. The van der Waals surface area contributed by atoms with Crippen LogP contribution in [0.5, 0.6) is 0 Å². The van der Waals surface area contributed by atoms with Crippen LogP contribution < -0.4 is 0 Å². The van der Waals surface area contributed by atoms with E-state index in [0.717, 1.165) is 0 Å².